The van der Waals surface area contributed by atoms with Crippen molar-refractivity contribution in [2.75, 3.05) is 0 Å². The van der Waals surface area contributed by atoms with E-state index in [-0.39, 0.29) is 0 Å². The Morgan fingerprint density at radius 2 is 2.14 bits per heavy atom. The summed E-state index contributed by atoms with van der Waals surface area (Å²) in [4.78, 5) is 0. The fraction of sp³-hybridized carbons (Fsp3) is 0.333. The Bertz CT molecular complexity index is 64.6. The number of hydrogen-bond acceptors (Lipinski definition) is 0. The Morgan fingerprint density at radius 3 is 2.57 bits per heavy atom. The highest BCUT2D eigenvalue weighted by Gasteiger charge is 1.68. The van der Waals surface area contributed by atoms with Crippen molar-refractivity contribution in [2.24, 2.45) is 0 Å². The van der Waals surface area contributed by atoms with Crippen molar-refractivity contribution in [3.05, 3.63) is 24.4 Å². The van der Waals surface area contributed by atoms with Crippen molar-refractivity contribution in [3.8, 4) is 0 Å². The molecule has 0 saturated heterocycles. The van der Waals surface area contributed by atoms with Gasteiger partial charge < -0.3 is 0 Å². The highest BCUT2D eigenvalue weighted by atomic mass is 28.1. The summed E-state index contributed by atoms with van der Waals surface area (Å²) in [6.45, 7) is 3.61. The van der Waals surface area contributed by atoms with E-state index < -0.39 is 0 Å². The fourth-order valence-electron chi connectivity index (χ4n) is 0.381. The van der Waals surface area contributed by atoms with Gasteiger partial charge in [-0.2, -0.15) is 0 Å². The smallest absolute Gasteiger partial charge is 0.0287 e. The summed E-state index contributed by atoms with van der Waals surface area (Å²) < 4.78 is 0. The highest BCUT2D eigenvalue weighted by Crippen LogP contribution is 1.88. The Balaban J connectivity index is 2.82. The average molecular weight is 112 g/mol. The van der Waals surface area contributed by atoms with Gasteiger partial charge in [0.1, 0.15) is 0 Å². The van der Waals surface area contributed by atoms with Gasteiger partial charge in [0.05, 0.1) is 0 Å². The van der Waals surface area contributed by atoms with Gasteiger partial charge >= 0.3 is 0 Å². The molecular weight excluding hydrogens is 100 g/mol. The quantitative estimate of drug-likeness (QED) is 0.288. The first-order chi connectivity index (χ1) is 3.41. The van der Waals surface area contributed by atoms with Gasteiger partial charge in [-0.3, -0.25) is 0 Å². The number of unbranched alkanes of at least 4 members (excludes halogenated alkanes) is 1. The van der Waals surface area contributed by atoms with E-state index in [2.05, 4.69) is 18.4 Å². The number of allylic oxidation sites excluding steroid dienone is 2. The molecule has 0 heterocycles. The molecule has 0 rings (SSSR count). The lowest BCUT2D eigenvalue weighted by Crippen LogP contribution is -1.60. The summed E-state index contributed by atoms with van der Waals surface area (Å²) in [5.41, 5.74) is 2.20. The minimum absolute atomic E-state index is 1.12. The fourth-order valence-corrected chi connectivity index (χ4v) is 0.714. The summed E-state index contributed by atoms with van der Waals surface area (Å²) in [7, 11) is 1.19. The standard InChI is InChI=1S/C6H12Si/c1-2-3-4-5-6-7/h2,5-6H,1,3-4H2,7H3. The largest absolute Gasteiger partial charge is 0.109 e. The number of hydrogen-bond donors (Lipinski definition) is 0. The molecule has 0 aromatic heterocycles. The van der Waals surface area contributed by atoms with Crippen molar-refractivity contribution in [1.29, 1.82) is 0 Å². The third-order valence-electron chi connectivity index (χ3n) is 0.773. The highest BCUT2D eigenvalue weighted by molar-refractivity contribution is 6.16. The van der Waals surface area contributed by atoms with Gasteiger partial charge in [0, 0.05) is 10.2 Å². The molecule has 7 heavy (non-hydrogen) atoms. The lowest BCUT2D eigenvalue weighted by Gasteiger charge is -1.79. The third kappa shape index (κ3) is 5.70. The topological polar surface area (TPSA) is 0 Å². The molecule has 0 aromatic rings. The van der Waals surface area contributed by atoms with Gasteiger partial charge in [0.25, 0.3) is 0 Å². The molecule has 0 spiro atoms. The molecular formula is C6H12Si. The Kier molecular flexibility index (Phi) is 5.45. The van der Waals surface area contributed by atoms with Gasteiger partial charge in [-0.15, -0.1) is 12.3 Å². The maximum absolute atomic E-state index is 3.61. The van der Waals surface area contributed by atoms with Crippen LogP contribution >= 0.6 is 0 Å². The van der Waals surface area contributed by atoms with Crippen molar-refractivity contribution >= 4 is 10.2 Å². The molecule has 0 aliphatic heterocycles. The summed E-state index contributed by atoms with van der Waals surface area (Å²) in [6, 6.07) is 0. The molecule has 40 valence electrons. The van der Waals surface area contributed by atoms with Gasteiger partial charge in [0.15, 0.2) is 0 Å². The zero-order valence-electron chi connectivity index (χ0n) is 4.85. The van der Waals surface area contributed by atoms with E-state index in [4.69, 9.17) is 0 Å². The van der Waals surface area contributed by atoms with Crippen LogP contribution < -0.4 is 0 Å². The molecule has 0 unspecified atom stereocenters. The van der Waals surface area contributed by atoms with Crippen molar-refractivity contribution in [3.63, 3.8) is 0 Å². The van der Waals surface area contributed by atoms with Crippen LogP contribution in [-0.4, -0.2) is 10.2 Å². The SMILES string of the molecule is C=CCCC=C[SiH3]. The molecule has 0 aromatic carbocycles. The van der Waals surface area contributed by atoms with Crippen LogP contribution in [0.1, 0.15) is 12.8 Å². The summed E-state index contributed by atoms with van der Waals surface area (Å²) >= 11 is 0. The Morgan fingerprint density at radius 1 is 1.43 bits per heavy atom. The van der Waals surface area contributed by atoms with E-state index in [1.54, 1.807) is 0 Å². The predicted octanol–water partition coefficient (Wildman–Crippen LogP) is 0.832. The lowest BCUT2D eigenvalue weighted by molar-refractivity contribution is 1.06. The second kappa shape index (κ2) is 5.70. The van der Waals surface area contributed by atoms with Crippen LogP contribution in [0.5, 0.6) is 0 Å². The third-order valence-corrected chi connectivity index (χ3v) is 1.24. The van der Waals surface area contributed by atoms with Gasteiger partial charge in [0.2, 0.25) is 0 Å². The van der Waals surface area contributed by atoms with Crippen molar-refractivity contribution in [1.82, 2.24) is 0 Å². The second-order valence-electron chi connectivity index (χ2n) is 1.44. The van der Waals surface area contributed by atoms with Gasteiger partial charge in [-0.1, -0.05) is 12.2 Å². The lowest BCUT2D eigenvalue weighted by atomic mass is 10.3. The number of rotatable bonds is 3. The molecule has 0 radical (unpaired) electrons. The van der Waals surface area contributed by atoms with Crippen LogP contribution in [-0.2, 0) is 0 Å². The Hall–Kier alpha value is -0.303. The summed E-state index contributed by atoms with van der Waals surface area (Å²) in [5, 5.41) is 0. The first-order valence-electron chi connectivity index (χ1n) is 2.64. The minimum Gasteiger partial charge on any atom is -0.109 e. The minimum atomic E-state index is 1.12. The maximum atomic E-state index is 3.61. The van der Waals surface area contributed by atoms with E-state index in [0.29, 0.717) is 0 Å². The van der Waals surface area contributed by atoms with Crippen LogP contribution in [0.15, 0.2) is 24.4 Å². The molecule has 0 nitrogen and oxygen atoms in total. The predicted molar refractivity (Wildman–Crippen MR) is 38.5 cm³/mol. The Labute approximate surface area is 48.4 Å². The molecule has 0 aliphatic carbocycles. The first kappa shape index (κ1) is 6.70. The van der Waals surface area contributed by atoms with Gasteiger partial charge in [-0.05, 0) is 12.8 Å². The van der Waals surface area contributed by atoms with E-state index in [1.807, 2.05) is 6.08 Å². The summed E-state index contributed by atoms with van der Waals surface area (Å²) in [5.74, 6) is 0. The molecule has 0 atom stereocenters. The normalized spacial score (nSPS) is 10.3. The van der Waals surface area contributed by atoms with E-state index in [1.165, 1.54) is 16.7 Å². The van der Waals surface area contributed by atoms with Crippen LogP contribution in [0, 0.1) is 0 Å². The van der Waals surface area contributed by atoms with Crippen molar-refractivity contribution in [2.45, 2.75) is 12.8 Å². The van der Waals surface area contributed by atoms with E-state index in [9.17, 15) is 0 Å². The maximum Gasteiger partial charge on any atom is 0.0287 e. The molecule has 0 fully saturated rings. The molecule has 0 N–H and O–H groups in total. The second-order valence-corrected chi connectivity index (χ2v) is 2.10. The molecule has 0 saturated carbocycles. The first-order valence-corrected chi connectivity index (χ1v) is 3.79. The molecule has 1 heteroatoms. The van der Waals surface area contributed by atoms with Crippen LogP contribution in [0.2, 0.25) is 0 Å². The zero-order valence-corrected chi connectivity index (χ0v) is 6.85. The molecule has 0 bridgehead atoms. The van der Waals surface area contributed by atoms with Crippen molar-refractivity contribution < 1.29 is 0 Å². The van der Waals surface area contributed by atoms with Crippen LogP contribution in [0.4, 0.5) is 0 Å². The molecule has 0 aliphatic rings. The van der Waals surface area contributed by atoms with Crippen LogP contribution in [0.25, 0.3) is 0 Å². The van der Waals surface area contributed by atoms with Crippen LogP contribution in [0.3, 0.4) is 0 Å². The zero-order chi connectivity index (χ0) is 5.54. The molecule has 0 amide bonds. The average Bonchev–Trinajstić information content (AvgIpc) is 1.69. The monoisotopic (exact) mass is 112 g/mol. The van der Waals surface area contributed by atoms with E-state index in [0.717, 1.165) is 6.42 Å². The van der Waals surface area contributed by atoms with Gasteiger partial charge in [-0.25, -0.2) is 0 Å². The van der Waals surface area contributed by atoms with E-state index >= 15 is 0 Å². The summed E-state index contributed by atoms with van der Waals surface area (Å²) in [6.07, 6.45) is 6.45.